The van der Waals surface area contributed by atoms with Crippen molar-refractivity contribution >= 4 is 6.34 Å². The van der Waals surface area contributed by atoms with Crippen molar-refractivity contribution in [3.8, 4) is 0 Å². The lowest BCUT2D eigenvalue weighted by atomic mass is 9.98. The number of hydrogen-bond acceptors (Lipinski definition) is 3. The molecule has 4 heteroatoms. The Kier molecular flexibility index (Phi) is 3.16. The average molecular weight is 193 g/mol. The molecule has 0 radical (unpaired) electrons. The number of rotatable bonds is 3. The first-order chi connectivity index (χ1) is 6.95. The molecule has 1 aliphatic carbocycles. The highest BCUT2D eigenvalue weighted by Crippen LogP contribution is 2.20. The molecule has 0 atom stereocenters. The van der Waals surface area contributed by atoms with E-state index in [1.54, 1.807) is 17.2 Å². The molecule has 0 unspecified atom stereocenters. The van der Waals surface area contributed by atoms with Crippen LogP contribution in [0, 0.1) is 0 Å². The van der Waals surface area contributed by atoms with Gasteiger partial charge in [0, 0.05) is 12.4 Å². The maximum atomic E-state index is 5.36. The van der Waals surface area contributed by atoms with Gasteiger partial charge in [0.2, 0.25) is 0 Å². The fourth-order valence-corrected chi connectivity index (χ4v) is 1.68. The van der Waals surface area contributed by atoms with Crippen molar-refractivity contribution in [1.82, 2.24) is 9.78 Å². The smallest absolute Gasteiger partial charge is 0.156 e. The van der Waals surface area contributed by atoms with Crippen molar-refractivity contribution in [3.63, 3.8) is 0 Å². The van der Waals surface area contributed by atoms with Crippen LogP contribution in [0.1, 0.15) is 32.1 Å². The molecule has 1 aromatic rings. The standard InChI is InChI=1S/C10H15N3O/c1-2-5-10(6-3-1)14-12-9-13-8-4-7-11-13/h4,7-10H,1-3,5-6H2. The van der Waals surface area contributed by atoms with Gasteiger partial charge in [-0.05, 0) is 31.7 Å². The van der Waals surface area contributed by atoms with Crippen LogP contribution in [0.3, 0.4) is 0 Å². The van der Waals surface area contributed by atoms with Crippen LogP contribution in [0.15, 0.2) is 23.6 Å². The Morgan fingerprint density at radius 1 is 1.36 bits per heavy atom. The summed E-state index contributed by atoms with van der Waals surface area (Å²) < 4.78 is 1.63. The van der Waals surface area contributed by atoms with E-state index in [0.717, 1.165) is 12.8 Å². The zero-order chi connectivity index (χ0) is 9.64. The van der Waals surface area contributed by atoms with Crippen molar-refractivity contribution in [2.24, 2.45) is 5.16 Å². The molecule has 4 nitrogen and oxygen atoms in total. The Balaban J connectivity index is 1.76. The third-order valence-corrected chi connectivity index (χ3v) is 2.45. The van der Waals surface area contributed by atoms with Gasteiger partial charge >= 0.3 is 0 Å². The van der Waals surface area contributed by atoms with Gasteiger partial charge in [-0.15, -0.1) is 0 Å². The molecular weight excluding hydrogens is 178 g/mol. The van der Waals surface area contributed by atoms with E-state index < -0.39 is 0 Å². The minimum atomic E-state index is 0.315. The van der Waals surface area contributed by atoms with Crippen molar-refractivity contribution in [2.45, 2.75) is 38.2 Å². The van der Waals surface area contributed by atoms with Gasteiger partial charge in [-0.3, -0.25) is 0 Å². The molecule has 1 heterocycles. The molecule has 1 aliphatic rings. The van der Waals surface area contributed by atoms with Crippen LogP contribution in [0.25, 0.3) is 0 Å². The van der Waals surface area contributed by atoms with E-state index in [9.17, 15) is 0 Å². The monoisotopic (exact) mass is 193 g/mol. The van der Waals surface area contributed by atoms with E-state index in [1.165, 1.54) is 19.3 Å². The van der Waals surface area contributed by atoms with Crippen LogP contribution in [0.2, 0.25) is 0 Å². The zero-order valence-corrected chi connectivity index (χ0v) is 8.17. The van der Waals surface area contributed by atoms with Crippen molar-refractivity contribution in [2.75, 3.05) is 0 Å². The van der Waals surface area contributed by atoms with Gasteiger partial charge in [0.05, 0.1) is 0 Å². The highest BCUT2D eigenvalue weighted by Gasteiger charge is 2.13. The number of hydrogen-bond donors (Lipinski definition) is 0. The van der Waals surface area contributed by atoms with Crippen molar-refractivity contribution < 1.29 is 4.84 Å². The van der Waals surface area contributed by atoms with E-state index in [1.807, 2.05) is 12.3 Å². The van der Waals surface area contributed by atoms with Gasteiger partial charge in [0.25, 0.3) is 0 Å². The zero-order valence-electron chi connectivity index (χ0n) is 8.17. The normalized spacial score (nSPS) is 18.9. The molecule has 0 saturated heterocycles. The second-order valence-corrected chi connectivity index (χ2v) is 3.57. The van der Waals surface area contributed by atoms with E-state index in [0.29, 0.717) is 6.10 Å². The van der Waals surface area contributed by atoms with Gasteiger partial charge in [-0.1, -0.05) is 11.6 Å². The van der Waals surface area contributed by atoms with E-state index >= 15 is 0 Å². The Morgan fingerprint density at radius 2 is 2.21 bits per heavy atom. The van der Waals surface area contributed by atoms with Crippen LogP contribution in [0.4, 0.5) is 0 Å². The molecule has 0 aliphatic heterocycles. The molecule has 76 valence electrons. The van der Waals surface area contributed by atoms with E-state index in [2.05, 4.69) is 10.3 Å². The highest BCUT2D eigenvalue weighted by molar-refractivity contribution is 5.55. The Hall–Kier alpha value is -1.32. The Labute approximate surface area is 83.6 Å². The molecule has 0 bridgehead atoms. The fraction of sp³-hybridized carbons (Fsp3) is 0.600. The summed E-state index contributed by atoms with van der Waals surface area (Å²) in [6, 6.07) is 1.85. The summed E-state index contributed by atoms with van der Waals surface area (Å²) >= 11 is 0. The number of nitrogens with zero attached hydrogens (tertiary/aromatic N) is 3. The highest BCUT2D eigenvalue weighted by atomic mass is 16.6. The first-order valence-corrected chi connectivity index (χ1v) is 5.13. The third kappa shape index (κ3) is 2.58. The minimum absolute atomic E-state index is 0.315. The maximum Gasteiger partial charge on any atom is 0.156 e. The van der Waals surface area contributed by atoms with E-state index in [4.69, 9.17) is 4.84 Å². The average Bonchev–Trinajstić information content (AvgIpc) is 2.72. The summed E-state index contributed by atoms with van der Waals surface area (Å²) in [4.78, 5) is 5.36. The molecule has 0 N–H and O–H groups in total. The molecule has 0 amide bonds. The first kappa shape index (κ1) is 9.24. The third-order valence-electron chi connectivity index (χ3n) is 2.45. The molecule has 2 rings (SSSR count). The molecule has 1 fully saturated rings. The van der Waals surface area contributed by atoms with Crippen molar-refractivity contribution in [3.05, 3.63) is 18.5 Å². The Morgan fingerprint density at radius 3 is 2.93 bits per heavy atom. The lowest BCUT2D eigenvalue weighted by Gasteiger charge is -2.18. The maximum absolute atomic E-state index is 5.36. The number of oxime groups is 1. The van der Waals surface area contributed by atoms with Gasteiger partial charge in [0.15, 0.2) is 6.34 Å². The van der Waals surface area contributed by atoms with E-state index in [-0.39, 0.29) is 0 Å². The fourth-order valence-electron chi connectivity index (χ4n) is 1.68. The lowest BCUT2D eigenvalue weighted by Crippen LogP contribution is -2.14. The lowest BCUT2D eigenvalue weighted by molar-refractivity contribution is 0.0333. The summed E-state index contributed by atoms with van der Waals surface area (Å²) in [6.07, 6.45) is 11.6. The molecule has 1 saturated carbocycles. The molecule has 0 spiro atoms. The molecule has 14 heavy (non-hydrogen) atoms. The van der Waals surface area contributed by atoms with Gasteiger partial charge in [-0.25, -0.2) is 4.68 Å². The summed E-state index contributed by atoms with van der Waals surface area (Å²) in [7, 11) is 0. The van der Waals surface area contributed by atoms with Crippen LogP contribution >= 0.6 is 0 Å². The number of aromatic nitrogens is 2. The minimum Gasteiger partial charge on any atom is -0.391 e. The summed E-state index contributed by atoms with van der Waals surface area (Å²) in [5.41, 5.74) is 0. The Bertz CT molecular complexity index is 276. The van der Waals surface area contributed by atoms with Gasteiger partial charge in [-0.2, -0.15) is 5.10 Å². The van der Waals surface area contributed by atoms with Crippen LogP contribution in [-0.4, -0.2) is 22.2 Å². The predicted octanol–water partition coefficient (Wildman–Crippen LogP) is 2.02. The van der Waals surface area contributed by atoms with Crippen LogP contribution in [-0.2, 0) is 4.84 Å². The largest absolute Gasteiger partial charge is 0.391 e. The van der Waals surface area contributed by atoms with Gasteiger partial charge in [0.1, 0.15) is 6.10 Å². The molecule has 0 aromatic carbocycles. The van der Waals surface area contributed by atoms with Crippen molar-refractivity contribution in [1.29, 1.82) is 0 Å². The summed E-state index contributed by atoms with van der Waals surface area (Å²) in [6.45, 7) is 0. The van der Waals surface area contributed by atoms with Crippen LogP contribution < -0.4 is 0 Å². The second kappa shape index (κ2) is 4.79. The van der Waals surface area contributed by atoms with Crippen LogP contribution in [0.5, 0.6) is 0 Å². The second-order valence-electron chi connectivity index (χ2n) is 3.57. The SMILES string of the molecule is C(=NOC1CCCCC1)n1cccn1. The summed E-state index contributed by atoms with van der Waals surface area (Å²) in [5.74, 6) is 0. The van der Waals surface area contributed by atoms with Gasteiger partial charge < -0.3 is 4.84 Å². The summed E-state index contributed by atoms with van der Waals surface area (Å²) in [5, 5.41) is 7.90. The quantitative estimate of drug-likeness (QED) is 0.418. The predicted molar refractivity (Wildman–Crippen MR) is 54.1 cm³/mol. The molecule has 1 aromatic heterocycles. The topological polar surface area (TPSA) is 39.4 Å². The first-order valence-electron chi connectivity index (χ1n) is 5.13. The molecular formula is C10H15N3O.